The van der Waals surface area contributed by atoms with Crippen molar-refractivity contribution in [2.75, 3.05) is 24.4 Å². The van der Waals surface area contributed by atoms with Crippen LogP contribution in [-0.2, 0) is 19.6 Å². The van der Waals surface area contributed by atoms with Gasteiger partial charge in [0.2, 0.25) is 0 Å². The third kappa shape index (κ3) is 6.06. The van der Waals surface area contributed by atoms with Crippen LogP contribution in [0.4, 0.5) is 5.69 Å². The van der Waals surface area contributed by atoms with Gasteiger partial charge >= 0.3 is 5.97 Å². The number of ether oxygens (including phenoxy) is 1. The Hall–Kier alpha value is -2.87. The zero-order chi connectivity index (χ0) is 21.4. The van der Waals surface area contributed by atoms with E-state index in [1.165, 1.54) is 30.7 Å². The fourth-order valence-electron chi connectivity index (χ4n) is 3.29. The normalized spacial score (nSPS) is 15.0. The van der Waals surface area contributed by atoms with Crippen molar-refractivity contribution in [2.45, 2.75) is 37.0 Å². The molecule has 0 radical (unpaired) electrons. The van der Waals surface area contributed by atoms with Gasteiger partial charge in [0.15, 0.2) is 6.61 Å². The van der Waals surface area contributed by atoms with Gasteiger partial charge in [-0.1, -0.05) is 37.5 Å². The Morgan fingerprint density at radius 3 is 2.10 bits per heavy atom. The third-order valence-electron chi connectivity index (χ3n) is 4.96. The monoisotopic (exact) mass is 430 g/mol. The van der Waals surface area contributed by atoms with Gasteiger partial charge in [0, 0.05) is 18.8 Å². The predicted molar refractivity (Wildman–Crippen MR) is 114 cm³/mol. The molecule has 0 bridgehead atoms. The molecular formula is C22H26N2O5S. The van der Waals surface area contributed by atoms with Gasteiger partial charge in [0.25, 0.3) is 15.9 Å². The number of carbonyl (C=O) groups excluding carboxylic acids is 2. The standard InChI is InChI=1S/C22H26N2O5S/c25-21(24-15-7-2-1-3-8-16-24)17-29-22(26)18-11-13-20(14-12-18)30(27,28)23-19-9-5-4-6-10-19/h4-6,9-14,23H,1-3,7-8,15-17H2. The van der Waals surface area contributed by atoms with Crippen LogP contribution in [0.25, 0.3) is 0 Å². The molecule has 8 heteroatoms. The van der Waals surface area contributed by atoms with Crippen LogP contribution in [0.15, 0.2) is 59.5 Å². The minimum absolute atomic E-state index is 0.0274. The van der Waals surface area contributed by atoms with Crippen LogP contribution < -0.4 is 4.72 Å². The predicted octanol–water partition coefficient (Wildman–Crippen LogP) is 3.44. The first-order chi connectivity index (χ1) is 14.5. The van der Waals surface area contributed by atoms with Crippen LogP contribution in [0.3, 0.4) is 0 Å². The van der Waals surface area contributed by atoms with Gasteiger partial charge in [-0.3, -0.25) is 9.52 Å². The maximum Gasteiger partial charge on any atom is 0.338 e. The van der Waals surface area contributed by atoms with Gasteiger partial charge in [0.05, 0.1) is 10.5 Å². The molecular weight excluding hydrogens is 404 g/mol. The first-order valence-corrected chi connectivity index (χ1v) is 11.6. The number of esters is 1. The topological polar surface area (TPSA) is 92.8 Å². The Labute approximate surface area is 177 Å². The van der Waals surface area contributed by atoms with Crippen LogP contribution in [0.2, 0.25) is 0 Å². The number of amides is 1. The number of carbonyl (C=O) groups is 2. The van der Waals surface area contributed by atoms with E-state index in [0.717, 1.165) is 25.7 Å². The second-order valence-electron chi connectivity index (χ2n) is 7.22. The molecule has 160 valence electrons. The largest absolute Gasteiger partial charge is 0.452 e. The number of para-hydroxylation sites is 1. The molecule has 1 heterocycles. The SMILES string of the molecule is O=C(OCC(=O)N1CCCCCCC1)c1ccc(S(=O)(=O)Nc2ccccc2)cc1. The summed E-state index contributed by atoms with van der Waals surface area (Å²) < 4.78 is 32.5. The average Bonchev–Trinajstić information content (AvgIpc) is 2.72. The average molecular weight is 431 g/mol. The number of nitrogens with one attached hydrogen (secondary N) is 1. The van der Waals surface area contributed by atoms with E-state index in [0.29, 0.717) is 18.8 Å². The van der Waals surface area contributed by atoms with Crippen LogP contribution >= 0.6 is 0 Å². The van der Waals surface area contributed by atoms with Crippen molar-refractivity contribution in [3.05, 3.63) is 60.2 Å². The van der Waals surface area contributed by atoms with E-state index in [-0.39, 0.29) is 23.0 Å². The van der Waals surface area contributed by atoms with E-state index >= 15 is 0 Å². The highest BCUT2D eigenvalue weighted by Gasteiger charge is 2.19. The molecule has 1 amide bonds. The zero-order valence-electron chi connectivity index (χ0n) is 16.7. The Balaban J connectivity index is 1.56. The molecule has 1 fully saturated rings. The summed E-state index contributed by atoms with van der Waals surface area (Å²) in [6, 6.07) is 14.0. The maximum atomic E-state index is 12.4. The number of benzene rings is 2. The highest BCUT2D eigenvalue weighted by Crippen LogP contribution is 2.17. The zero-order valence-corrected chi connectivity index (χ0v) is 17.6. The Kier molecular flexibility index (Phi) is 7.46. The first-order valence-electron chi connectivity index (χ1n) is 10.1. The van der Waals surface area contributed by atoms with E-state index < -0.39 is 16.0 Å². The second kappa shape index (κ2) is 10.2. The molecule has 1 aliphatic rings. The number of hydrogen-bond donors (Lipinski definition) is 1. The van der Waals surface area contributed by atoms with Gasteiger partial charge in [-0.2, -0.15) is 0 Å². The van der Waals surface area contributed by atoms with Gasteiger partial charge in [-0.15, -0.1) is 0 Å². The number of sulfonamides is 1. The molecule has 2 aromatic rings. The number of rotatable bonds is 6. The molecule has 0 spiro atoms. The minimum Gasteiger partial charge on any atom is -0.452 e. The summed E-state index contributed by atoms with van der Waals surface area (Å²) in [5.74, 6) is -0.855. The molecule has 0 atom stereocenters. The second-order valence-corrected chi connectivity index (χ2v) is 8.90. The quantitative estimate of drug-likeness (QED) is 0.709. The summed E-state index contributed by atoms with van der Waals surface area (Å²) in [5, 5.41) is 0. The molecule has 1 N–H and O–H groups in total. The van der Waals surface area contributed by atoms with Crippen molar-refractivity contribution < 1.29 is 22.7 Å². The van der Waals surface area contributed by atoms with Crippen LogP contribution in [0.5, 0.6) is 0 Å². The lowest BCUT2D eigenvalue weighted by molar-refractivity contribution is -0.134. The highest BCUT2D eigenvalue weighted by molar-refractivity contribution is 7.92. The highest BCUT2D eigenvalue weighted by atomic mass is 32.2. The Morgan fingerprint density at radius 1 is 0.867 bits per heavy atom. The van der Waals surface area contributed by atoms with E-state index in [9.17, 15) is 18.0 Å². The Bertz CT molecular complexity index is 951. The lowest BCUT2D eigenvalue weighted by Crippen LogP contribution is -2.36. The molecule has 1 aliphatic heterocycles. The summed E-state index contributed by atoms with van der Waals surface area (Å²) in [6.45, 7) is 1.07. The summed E-state index contributed by atoms with van der Waals surface area (Å²) in [5.41, 5.74) is 0.637. The summed E-state index contributed by atoms with van der Waals surface area (Å²) in [4.78, 5) is 26.3. The summed E-state index contributed by atoms with van der Waals surface area (Å²) in [7, 11) is -3.77. The molecule has 0 saturated carbocycles. The van der Waals surface area contributed by atoms with E-state index in [1.54, 1.807) is 35.2 Å². The van der Waals surface area contributed by atoms with Crippen molar-refractivity contribution in [3.63, 3.8) is 0 Å². The molecule has 0 unspecified atom stereocenters. The van der Waals surface area contributed by atoms with Crippen molar-refractivity contribution in [3.8, 4) is 0 Å². The van der Waals surface area contributed by atoms with Gasteiger partial charge in [-0.05, 0) is 49.2 Å². The van der Waals surface area contributed by atoms with E-state index in [4.69, 9.17) is 4.74 Å². The number of nitrogens with zero attached hydrogens (tertiary/aromatic N) is 1. The van der Waals surface area contributed by atoms with Gasteiger partial charge < -0.3 is 9.64 Å². The lowest BCUT2D eigenvalue weighted by atomic mass is 10.1. The molecule has 1 saturated heterocycles. The van der Waals surface area contributed by atoms with Crippen molar-refractivity contribution in [2.24, 2.45) is 0 Å². The van der Waals surface area contributed by atoms with Crippen LogP contribution in [0, 0.1) is 0 Å². The van der Waals surface area contributed by atoms with Crippen molar-refractivity contribution in [1.29, 1.82) is 0 Å². The summed E-state index contributed by atoms with van der Waals surface area (Å²) >= 11 is 0. The van der Waals surface area contributed by atoms with Crippen molar-refractivity contribution in [1.82, 2.24) is 4.90 Å². The Morgan fingerprint density at radius 2 is 1.47 bits per heavy atom. The molecule has 30 heavy (non-hydrogen) atoms. The minimum atomic E-state index is -3.77. The van der Waals surface area contributed by atoms with Crippen molar-refractivity contribution >= 4 is 27.6 Å². The molecule has 7 nitrogen and oxygen atoms in total. The summed E-state index contributed by atoms with van der Waals surface area (Å²) in [6.07, 6.45) is 5.35. The smallest absolute Gasteiger partial charge is 0.338 e. The first kappa shape index (κ1) is 21.8. The van der Waals surface area contributed by atoms with Gasteiger partial charge in [-0.25, -0.2) is 13.2 Å². The molecule has 0 aromatic heterocycles. The van der Waals surface area contributed by atoms with Crippen LogP contribution in [-0.4, -0.2) is 44.9 Å². The van der Waals surface area contributed by atoms with Gasteiger partial charge in [0.1, 0.15) is 0 Å². The van der Waals surface area contributed by atoms with E-state index in [2.05, 4.69) is 4.72 Å². The van der Waals surface area contributed by atoms with Crippen LogP contribution in [0.1, 0.15) is 42.5 Å². The number of hydrogen-bond acceptors (Lipinski definition) is 5. The third-order valence-corrected chi connectivity index (χ3v) is 6.36. The molecule has 2 aromatic carbocycles. The number of anilines is 1. The van der Waals surface area contributed by atoms with E-state index in [1.807, 2.05) is 0 Å². The maximum absolute atomic E-state index is 12.4. The lowest BCUT2D eigenvalue weighted by Gasteiger charge is -2.24. The fourth-order valence-corrected chi connectivity index (χ4v) is 4.35. The number of likely N-dealkylation sites (tertiary alicyclic amines) is 1. The molecule has 0 aliphatic carbocycles. The molecule has 3 rings (SSSR count). The fraction of sp³-hybridized carbons (Fsp3) is 0.364.